The summed E-state index contributed by atoms with van der Waals surface area (Å²) in [5, 5.41) is 17.2. The molecular formula is C15H22F2N4O. The number of piperidine rings is 1. The van der Waals surface area contributed by atoms with Crippen LogP contribution in [0.1, 0.15) is 18.5 Å². The highest BCUT2D eigenvalue weighted by atomic mass is 19.3. The standard InChI is InChI=1S/C15H22F2N4O/c1-12-2-3-13(19-18-12)21-7-4-14(11-21)10-20(8-9-22)6-5-15(14,16)17/h2-3,22H,4-11H2,1H3/t14-/m0/s1. The van der Waals surface area contributed by atoms with Gasteiger partial charge < -0.3 is 10.0 Å². The topological polar surface area (TPSA) is 52.5 Å². The van der Waals surface area contributed by atoms with E-state index in [1.54, 1.807) is 0 Å². The Hall–Kier alpha value is -1.34. The number of rotatable bonds is 3. The fraction of sp³-hybridized carbons (Fsp3) is 0.733. The molecule has 0 aliphatic carbocycles. The number of aryl methyl sites for hydroxylation is 1. The number of likely N-dealkylation sites (tertiary alicyclic amines) is 1. The zero-order valence-electron chi connectivity index (χ0n) is 12.8. The van der Waals surface area contributed by atoms with Gasteiger partial charge in [0, 0.05) is 39.1 Å². The molecule has 1 atom stereocenters. The molecule has 1 aromatic rings. The summed E-state index contributed by atoms with van der Waals surface area (Å²) < 4.78 is 29.2. The monoisotopic (exact) mass is 312 g/mol. The number of aliphatic hydroxyl groups excluding tert-OH is 1. The normalized spacial score (nSPS) is 28.5. The first-order valence-corrected chi connectivity index (χ1v) is 7.72. The number of β-amino-alcohol motifs (C(OH)–C–C–N with tert-alkyl or cyclic N) is 1. The van der Waals surface area contributed by atoms with Crippen molar-refractivity contribution in [1.29, 1.82) is 0 Å². The van der Waals surface area contributed by atoms with Crippen molar-refractivity contribution in [3.8, 4) is 0 Å². The molecule has 2 saturated heterocycles. The van der Waals surface area contributed by atoms with E-state index in [1.165, 1.54) is 0 Å². The molecule has 1 N–H and O–H groups in total. The molecule has 2 aliphatic heterocycles. The van der Waals surface area contributed by atoms with Gasteiger partial charge >= 0.3 is 0 Å². The lowest BCUT2D eigenvalue weighted by molar-refractivity contribution is -0.158. The Bertz CT molecular complexity index is 525. The van der Waals surface area contributed by atoms with Gasteiger partial charge in [-0.05, 0) is 25.5 Å². The third kappa shape index (κ3) is 2.67. The van der Waals surface area contributed by atoms with Gasteiger partial charge in [-0.3, -0.25) is 4.90 Å². The summed E-state index contributed by atoms with van der Waals surface area (Å²) in [6, 6.07) is 3.69. The largest absolute Gasteiger partial charge is 0.395 e. The molecule has 122 valence electrons. The maximum absolute atomic E-state index is 14.6. The predicted molar refractivity (Wildman–Crippen MR) is 79.1 cm³/mol. The van der Waals surface area contributed by atoms with Crippen LogP contribution in [0, 0.1) is 12.3 Å². The molecule has 7 heteroatoms. The molecule has 22 heavy (non-hydrogen) atoms. The number of nitrogens with zero attached hydrogens (tertiary/aromatic N) is 4. The Morgan fingerprint density at radius 1 is 1.18 bits per heavy atom. The van der Waals surface area contributed by atoms with E-state index in [0.717, 1.165) is 5.69 Å². The third-order valence-corrected chi connectivity index (χ3v) is 4.92. The molecule has 5 nitrogen and oxygen atoms in total. The highest BCUT2D eigenvalue weighted by Gasteiger charge is 2.59. The number of hydrogen-bond acceptors (Lipinski definition) is 5. The van der Waals surface area contributed by atoms with Crippen molar-refractivity contribution < 1.29 is 13.9 Å². The van der Waals surface area contributed by atoms with E-state index < -0.39 is 11.3 Å². The maximum atomic E-state index is 14.6. The smallest absolute Gasteiger partial charge is 0.257 e. The van der Waals surface area contributed by atoms with Crippen molar-refractivity contribution in [3.05, 3.63) is 17.8 Å². The van der Waals surface area contributed by atoms with E-state index in [-0.39, 0.29) is 13.0 Å². The Labute approximate surface area is 128 Å². The number of aliphatic hydroxyl groups is 1. The zero-order chi connectivity index (χ0) is 15.8. The van der Waals surface area contributed by atoms with Crippen LogP contribution in [0.3, 0.4) is 0 Å². The molecule has 0 bridgehead atoms. The number of hydrogen-bond donors (Lipinski definition) is 1. The van der Waals surface area contributed by atoms with Crippen LogP contribution in [0.15, 0.2) is 12.1 Å². The second-order valence-corrected chi connectivity index (χ2v) is 6.44. The van der Waals surface area contributed by atoms with Gasteiger partial charge in [0.1, 0.15) is 0 Å². The van der Waals surface area contributed by atoms with Gasteiger partial charge in [0.2, 0.25) is 0 Å². The SMILES string of the molecule is Cc1ccc(N2CC[C@]3(CN(CCO)CCC3(F)F)C2)nn1. The zero-order valence-corrected chi connectivity index (χ0v) is 12.8. The summed E-state index contributed by atoms with van der Waals surface area (Å²) >= 11 is 0. The van der Waals surface area contributed by atoms with Gasteiger partial charge in [-0.25, -0.2) is 8.78 Å². The lowest BCUT2D eigenvalue weighted by atomic mass is 9.75. The molecule has 0 unspecified atom stereocenters. The Morgan fingerprint density at radius 2 is 2.00 bits per heavy atom. The van der Waals surface area contributed by atoms with Crippen LogP contribution < -0.4 is 4.90 Å². The average Bonchev–Trinajstić information content (AvgIpc) is 2.90. The van der Waals surface area contributed by atoms with Gasteiger partial charge in [0.25, 0.3) is 5.92 Å². The molecule has 3 heterocycles. The second-order valence-electron chi connectivity index (χ2n) is 6.44. The Kier molecular flexibility index (Phi) is 4.03. The molecular weight excluding hydrogens is 290 g/mol. The highest BCUT2D eigenvalue weighted by Crippen LogP contribution is 2.49. The van der Waals surface area contributed by atoms with Crippen LogP contribution in [0.4, 0.5) is 14.6 Å². The van der Waals surface area contributed by atoms with Crippen molar-refractivity contribution in [3.63, 3.8) is 0 Å². The summed E-state index contributed by atoms with van der Waals surface area (Å²) in [7, 11) is 0. The number of aromatic nitrogens is 2. The van der Waals surface area contributed by atoms with Crippen LogP contribution in [0.25, 0.3) is 0 Å². The van der Waals surface area contributed by atoms with E-state index in [2.05, 4.69) is 10.2 Å². The van der Waals surface area contributed by atoms with Crippen LogP contribution in [0.5, 0.6) is 0 Å². The minimum absolute atomic E-state index is 0.00873. The molecule has 2 fully saturated rings. The third-order valence-electron chi connectivity index (χ3n) is 4.92. The molecule has 1 aromatic heterocycles. The minimum Gasteiger partial charge on any atom is -0.395 e. The first-order valence-electron chi connectivity index (χ1n) is 7.72. The van der Waals surface area contributed by atoms with Crippen molar-refractivity contribution in [2.75, 3.05) is 44.2 Å². The molecule has 0 radical (unpaired) electrons. The minimum atomic E-state index is -2.67. The summed E-state index contributed by atoms with van der Waals surface area (Å²) in [5.41, 5.74) is -0.234. The molecule has 3 rings (SSSR count). The van der Waals surface area contributed by atoms with E-state index in [4.69, 9.17) is 5.11 Å². The van der Waals surface area contributed by atoms with E-state index >= 15 is 0 Å². The van der Waals surface area contributed by atoms with Gasteiger partial charge in [-0.2, -0.15) is 5.10 Å². The summed E-state index contributed by atoms with van der Waals surface area (Å²) in [6.07, 6.45) is 0.303. The molecule has 0 amide bonds. The molecule has 0 aromatic carbocycles. The van der Waals surface area contributed by atoms with Gasteiger partial charge in [-0.1, -0.05) is 0 Å². The summed E-state index contributed by atoms with van der Waals surface area (Å²) in [4.78, 5) is 3.85. The molecule has 1 spiro atoms. The first kappa shape index (κ1) is 15.6. The van der Waals surface area contributed by atoms with E-state index in [9.17, 15) is 8.78 Å². The Balaban J connectivity index is 1.79. The van der Waals surface area contributed by atoms with Crippen molar-refractivity contribution >= 4 is 5.82 Å². The molecule has 2 aliphatic rings. The van der Waals surface area contributed by atoms with Crippen LogP contribution >= 0.6 is 0 Å². The average molecular weight is 312 g/mol. The lowest BCUT2D eigenvalue weighted by Gasteiger charge is -2.45. The fourth-order valence-corrected chi connectivity index (χ4v) is 3.57. The van der Waals surface area contributed by atoms with Gasteiger partial charge in [-0.15, -0.1) is 5.10 Å². The number of alkyl halides is 2. The first-order chi connectivity index (χ1) is 10.5. The van der Waals surface area contributed by atoms with Gasteiger partial charge in [0.05, 0.1) is 17.7 Å². The van der Waals surface area contributed by atoms with E-state index in [0.29, 0.717) is 45.0 Å². The van der Waals surface area contributed by atoms with E-state index in [1.807, 2.05) is 28.9 Å². The second kappa shape index (κ2) is 5.70. The van der Waals surface area contributed by atoms with Crippen molar-refractivity contribution in [2.45, 2.75) is 25.7 Å². The summed E-state index contributed by atoms with van der Waals surface area (Å²) in [5.74, 6) is -2.01. The van der Waals surface area contributed by atoms with Gasteiger partial charge in [0.15, 0.2) is 5.82 Å². The fourth-order valence-electron chi connectivity index (χ4n) is 3.57. The maximum Gasteiger partial charge on any atom is 0.257 e. The predicted octanol–water partition coefficient (Wildman–Crippen LogP) is 1.31. The summed E-state index contributed by atoms with van der Waals surface area (Å²) in [6.45, 7) is 3.86. The Morgan fingerprint density at radius 3 is 2.68 bits per heavy atom. The number of anilines is 1. The van der Waals surface area contributed by atoms with Crippen LogP contribution in [-0.4, -0.2) is 65.5 Å². The van der Waals surface area contributed by atoms with Crippen molar-refractivity contribution in [1.82, 2.24) is 15.1 Å². The van der Waals surface area contributed by atoms with Crippen LogP contribution in [0.2, 0.25) is 0 Å². The molecule has 0 saturated carbocycles. The number of halogens is 2. The van der Waals surface area contributed by atoms with Crippen LogP contribution in [-0.2, 0) is 0 Å². The lowest BCUT2D eigenvalue weighted by Crippen LogP contribution is -2.57. The van der Waals surface area contributed by atoms with Crippen molar-refractivity contribution in [2.24, 2.45) is 5.41 Å². The quantitative estimate of drug-likeness (QED) is 0.912. The highest BCUT2D eigenvalue weighted by molar-refractivity contribution is 5.40.